The van der Waals surface area contributed by atoms with Gasteiger partial charge in [0.05, 0.1) is 22.4 Å². The average molecular weight is 329 g/mol. The van der Waals surface area contributed by atoms with E-state index in [0.717, 1.165) is 12.1 Å². The van der Waals surface area contributed by atoms with E-state index in [2.05, 4.69) is 10.3 Å². The van der Waals surface area contributed by atoms with Crippen molar-refractivity contribution in [3.8, 4) is 0 Å². The van der Waals surface area contributed by atoms with E-state index in [1.165, 1.54) is 18.4 Å². The van der Waals surface area contributed by atoms with Crippen molar-refractivity contribution in [3.05, 3.63) is 52.9 Å². The minimum absolute atomic E-state index is 0.00653. The van der Waals surface area contributed by atoms with E-state index in [1.54, 1.807) is 6.07 Å². The molecule has 0 spiro atoms. The molecule has 2 N–H and O–H groups in total. The van der Waals surface area contributed by atoms with Crippen LogP contribution in [-0.4, -0.2) is 10.9 Å². The molecule has 1 aromatic carbocycles. The normalized spacial score (nSPS) is 11.8. The Morgan fingerprint density at radius 1 is 1.23 bits per heavy atom. The number of aromatic nitrogens is 1. The highest BCUT2D eigenvalue weighted by Gasteiger charge is 2.33. The SMILES string of the molecule is O=C(Nc1ccc(Cl)c(C(F)(F)F)c1)c1cc2occc2[nH]1. The van der Waals surface area contributed by atoms with Gasteiger partial charge in [-0.25, -0.2) is 0 Å². The van der Waals surface area contributed by atoms with Crippen LogP contribution in [0.25, 0.3) is 11.1 Å². The Labute approximate surface area is 126 Å². The Morgan fingerprint density at radius 2 is 2.00 bits per heavy atom. The molecule has 3 aromatic rings. The lowest BCUT2D eigenvalue weighted by Gasteiger charge is -2.11. The van der Waals surface area contributed by atoms with Crippen molar-refractivity contribution in [2.24, 2.45) is 0 Å². The summed E-state index contributed by atoms with van der Waals surface area (Å²) in [5.74, 6) is -0.582. The molecule has 8 heteroatoms. The summed E-state index contributed by atoms with van der Waals surface area (Å²) in [7, 11) is 0. The Bertz CT molecular complexity index is 823. The predicted molar refractivity (Wildman–Crippen MR) is 75.0 cm³/mol. The van der Waals surface area contributed by atoms with Gasteiger partial charge in [-0.15, -0.1) is 0 Å². The van der Waals surface area contributed by atoms with Crippen LogP contribution in [0.3, 0.4) is 0 Å². The molecule has 0 atom stereocenters. The number of aromatic amines is 1. The van der Waals surface area contributed by atoms with Gasteiger partial charge in [0.25, 0.3) is 5.91 Å². The van der Waals surface area contributed by atoms with Gasteiger partial charge >= 0.3 is 6.18 Å². The zero-order valence-electron chi connectivity index (χ0n) is 10.8. The van der Waals surface area contributed by atoms with Gasteiger partial charge in [-0.3, -0.25) is 4.79 Å². The molecule has 0 bridgehead atoms. The number of hydrogen-bond acceptors (Lipinski definition) is 2. The maximum atomic E-state index is 12.8. The summed E-state index contributed by atoms with van der Waals surface area (Å²) in [6.45, 7) is 0. The summed E-state index contributed by atoms with van der Waals surface area (Å²) in [5.41, 5.74) is 0.271. The summed E-state index contributed by atoms with van der Waals surface area (Å²) < 4.78 is 43.4. The lowest BCUT2D eigenvalue weighted by molar-refractivity contribution is -0.137. The number of amides is 1. The highest BCUT2D eigenvalue weighted by Crippen LogP contribution is 2.36. The zero-order chi connectivity index (χ0) is 15.9. The van der Waals surface area contributed by atoms with Crippen LogP contribution in [0.1, 0.15) is 16.1 Å². The predicted octanol–water partition coefficient (Wildman–Crippen LogP) is 4.69. The zero-order valence-corrected chi connectivity index (χ0v) is 11.5. The van der Waals surface area contributed by atoms with E-state index in [9.17, 15) is 18.0 Å². The topological polar surface area (TPSA) is 58.0 Å². The number of alkyl halides is 3. The lowest BCUT2D eigenvalue weighted by Crippen LogP contribution is -2.13. The molecule has 0 fully saturated rings. The molecule has 114 valence electrons. The van der Waals surface area contributed by atoms with Gasteiger partial charge in [-0.2, -0.15) is 13.2 Å². The highest BCUT2D eigenvalue weighted by molar-refractivity contribution is 6.31. The van der Waals surface area contributed by atoms with E-state index >= 15 is 0 Å². The number of H-pyrrole nitrogens is 1. The summed E-state index contributed by atoms with van der Waals surface area (Å²) >= 11 is 5.52. The van der Waals surface area contributed by atoms with Crippen molar-refractivity contribution in [2.45, 2.75) is 6.18 Å². The first-order chi connectivity index (χ1) is 10.3. The Kier molecular flexibility index (Phi) is 3.37. The van der Waals surface area contributed by atoms with Crippen molar-refractivity contribution in [2.75, 3.05) is 5.32 Å². The third-order valence-electron chi connectivity index (χ3n) is 3.01. The van der Waals surface area contributed by atoms with Crippen LogP contribution in [0, 0.1) is 0 Å². The summed E-state index contributed by atoms with van der Waals surface area (Å²) in [5, 5.41) is 1.95. The molecule has 4 nitrogen and oxygen atoms in total. The Hall–Kier alpha value is -2.41. The van der Waals surface area contributed by atoms with Crippen molar-refractivity contribution < 1.29 is 22.4 Å². The van der Waals surface area contributed by atoms with E-state index in [0.29, 0.717) is 11.1 Å². The number of benzene rings is 1. The second-order valence-electron chi connectivity index (χ2n) is 4.53. The van der Waals surface area contributed by atoms with Gasteiger partial charge in [0.15, 0.2) is 5.58 Å². The van der Waals surface area contributed by atoms with Crippen molar-refractivity contribution in [1.29, 1.82) is 0 Å². The molecule has 0 radical (unpaired) electrons. The summed E-state index contributed by atoms with van der Waals surface area (Å²) in [6, 6.07) is 6.26. The van der Waals surface area contributed by atoms with Crippen LogP contribution in [-0.2, 0) is 6.18 Å². The number of anilines is 1. The number of nitrogens with one attached hydrogen (secondary N) is 2. The Balaban J connectivity index is 1.86. The molecule has 0 aliphatic heterocycles. The van der Waals surface area contributed by atoms with Gasteiger partial charge in [-0.05, 0) is 18.2 Å². The number of rotatable bonds is 2. The lowest BCUT2D eigenvalue weighted by atomic mass is 10.2. The molecular weight excluding hydrogens is 321 g/mol. The highest BCUT2D eigenvalue weighted by atomic mass is 35.5. The van der Waals surface area contributed by atoms with Crippen molar-refractivity contribution >= 4 is 34.3 Å². The first kappa shape index (κ1) is 14.5. The largest absolute Gasteiger partial charge is 0.463 e. The van der Waals surface area contributed by atoms with Crippen LogP contribution < -0.4 is 5.32 Å². The van der Waals surface area contributed by atoms with E-state index in [4.69, 9.17) is 16.0 Å². The number of furan rings is 1. The molecule has 2 aromatic heterocycles. The number of carbonyl (C=O) groups excluding carboxylic acids is 1. The third kappa shape index (κ3) is 2.67. The average Bonchev–Trinajstić information content (AvgIpc) is 3.00. The van der Waals surface area contributed by atoms with Gasteiger partial charge in [0.2, 0.25) is 0 Å². The Morgan fingerprint density at radius 3 is 2.68 bits per heavy atom. The fourth-order valence-electron chi connectivity index (χ4n) is 1.99. The third-order valence-corrected chi connectivity index (χ3v) is 3.34. The van der Waals surface area contributed by atoms with E-state index in [1.807, 2.05) is 0 Å². The smallest absolute Gasteiger partial charge is 0.417 e. The number of hydrogen-bond donors (Lipinski definition) is 2. The van der Waals surface area contributed by atoms with Crippen LogP contribution >= 0.6 is 11.6 Å². The maximum absolute atomic E-state index is 12.8. The van der Waals surface area contributed by atoms with E-state index < -0.39 is 22.7 Å². The van der Waals surface area contributed by atoms with E-state index in [-0.39, 0.29) is 11.4 Å². The van der Waals surface area contributed by atoms with Crippen molar-refractivity contribution in [3.63, 3.8) is 0 Å². The number of halogens is 4. The second kappa shape index (κ2) is 5.10. The molecule has 0 saturated heterocycles. The molecule has 0 aliphatic rings. The van der Waals surface area contributed by atoms with Gasteiger partial charge in [0, 0.05) is 17.8 Å². The molecule has 2 heterocycles. The number of fused-ring (bicyclic) bond motifs is 1. The molecule has 1 amide bonds. The molecule has 22 heavy (non-hydrogen) atoms. The maximum Gasteiger partial charge on any atom is 0.417 e. The molecular formula is C14H8ClF3N2O2. The van der Waals surface area contributed by atoms with Gasteiger partial charge in [0.1, 0.15) is 5.69 Å². The quantitative estimate of drug-likeness (QED) is 0.717. The minimum Gasteiger partial charge on any atom is -0.463 e. The van der Waals surface area contributed by atoms with Crippen LogP contribution in [0.5, 0.6) is 0 Å². The number of carbonyl (C=O) groups is 1. The van der Waals surface area contributed by atoms with Crippen LogP contribution in [0.2, 0.25) is 5.02 Å². The minimum atomic E-state index is -4.59. The molecule has 3 rings (SSSR count). The first-order valence-corrected chi connectivity index (χ1v) is 6.47. The van der Waals surface area contributed by atoms with Crippen LogP contribution in [0.4, 0.5) is 18.9 Å². The summed E-state index contributed by atoms with van der Waals surface area (Å²) in [6.07, 6.45) is -3.14. The van der Waals surface area contributed by atoms with Crippen LogP contribution in [0.15, 0.2) is 41.0 Å². The molecule has 0 saturated carbocycles. The molecule has 0 unspecified atom stereocenters. The fraction of sp³-hybridized carbons (Fsp3) is 0.0714. The fourth-order valence-corrected chi connectivity index (χ4v) is 2.21. The first-order valence-electron chi connectivity index (χ1n) is 6.09. The monoisotopic (exact) mass is 328 g/mol. The summed E-state index contributed by atoms with van der Waals surface area (Å²) in [4.78, 5) is 14.8. The van der Waals surface area contributed by atoms with Crippen molar-refractivity contribution in [1.82, 2.24) is 4.98 Å². The standard InChI is InChI=1S/C14H8ClF3N2O2/c15-9-2-1-7(5-8(9)14(16,17)18)19-13(21)11-6-12-10(20-11)3-4-22-12/h1-6,20H,(H,19,21). The molecule has 0 aliphatic carbocycles. The second-order valence-corrected chi connectivity index (χ2v) is 4.94. The van der Waals surface area contributed by atoms with Gasteiger partial charge in [-0.1, -0.05) is 11.6 Å². The van der Waals surface area contributed by atoms with Gasteiger partial charge < -0.3 is 14.7 Å².